The van der Waals surface area contributed by atoms with Crippen molar-refractivity contribution in [1.29, 1.82) is 0 Å². The van der Waals surface area contributed by atoms with Gasteiger partial charge in [0.25, 0.3) is 0 Å². The van der Waals surface area contributed by atoms with E-state index in [0.717, 1.165) is 0 Å². The van der Waals surface area contributed by atoms with E-state index >= 15 is 0 Å². The van der Waals surface area contributed by atoms with E-state index in [1.54, 1.807) is 18.2 Å². The van der Waals surface area contributed by atoms with Gasteiger partial charge in [-0.25, -0.2) is 4.79 Å². The fourth-order valence-electron chi connectivity index (χ4n) is 1.48. The molecule has 1 rings (SSSR count). The number of ether oxygens (including phenoxy) is 3. The molecule has 1 N–H and O–H groups in total. The van der Waals surface area contributed by atoms with E-state index in [1.165, 1.54) is 27.2 Å². The van der Waals surface area contributed by atoms with Gasteiger partial charge in [0.1, 0.15) is 12.0 Å². The van der Waals surface area contributed by atoms with Gasteiger partial charge in [0, 0.05) is 19.8 Å². The number of carboxylic acid groups (broad SMARTS) is 1. The lowest BCUT2D eigenvalue weighted by atomic mass is 10.1. The second kappa shape index (κ2) is 6.31. The third-order valence-corrected chi connectivity index (χ3v) is 2.76. The average molecular weight is 268 g/mol. The van der Waals surface area contributed by atoms with Crippen molar-refractivity contribution in [3.63, 3.8) is 0 Å². The van der Waals surface area contributed by atoms with E-state index in [-0.39, 0.29) is 5.75 Å². The molecule has 0 aliphatic heterocycles. The van der Waals surface area contributed by atoms with E-state index in [0.29, 0.717) is 11.8 Å². The summed E-state index contributed by atoms with van der Waals surface area (Å²) < 4.78 is 15.4. The molecule has 6 heteroatoms. The monoisotopic (exact) mass is 268 g/mol. The van der Waals surface area contributed by atoms with Gasteiger partial charge in [0.2, 0.25) is 11.9 Å². The molecule has 0 fully saturated rings. The van der Waals surface area contributed by atoms with E-state index in [1.807, 2.05) is 0 Å². The van der Waals surface area contributed by atoms with Crippen LogP contribution in [0.3, 0.4) is 0 Å². The highest BCUT2D eigenvalue weighted by Crippen LogP contribution is 2.23. The molecule has 1 atom stereocenters. The van der Waals surface area contributed by atoms with Crippen molar-refractivity contribution >= 4 is 12.3 Å². The molecule has 0 aliphatic carbocycles. The third-order valence-electron chi connectivity index (χ3n) is 2.76. The topological polar surface area (TPSA) is 82.1 Å². The largest absolute Gasteiger partial charge is 0.478 e. The highest BCUT2D eigenvalue weighted by Gasteiger charge is 2.42. The zero-order chi connectivity index (χ0) is 14.5. The highest BCUT2D eigenvalue weighted by atomic mass is 16.7. The number of aldehydes is 1. The number of benzene rings is 1. The lowest BCUT2D eigenvalue weighted by molar-refractivity contribution is -0.242. The maximum atomic E-state index is 11.3. The molecule has 0 radical (unpaired) electrons. The van der Waals surface area contributed by atoms with Crippen LogP contribution in [0.1, 0.15) is 17.3 Å². The first-order chi connectivity index (χ1) is 8.96. The number of aliphatic carboxylic acids is 1. The van der Waals surface area contributed by atoms with Gasteiger partial charge in [-0.15, -0.1) is 0 Å². The van der Waals surface area contributed by atoms with Gasteiger partial charge in [-0.3, -0.25) is 4.79 Å². The Morgan fingerprint density at radius 1 is 1.37 bits per heavy atom. The number of hydrogen-bond donors (Lipinski definition) is 1. The first-order valence-corrected chi connectivity index (χ1v) is 5.52. The van der Waals surface area contributed by atoms with Crippen molar-refractivity contribution in [2.24, 2.45) is 0 Å². The molecule has 0 spiro atoms. The Morgan fingerprint density at radius 2 is 2.00 bits per heavy atom. The van der Waals surface area contributed by atoms with Gasteiger partial charge in [0.05, 0.1) is 0 Å². The number of methoxy groups -OCH3 is 2. The van der Waals surface area contributed by atoms with Crippen LogP contribution in [0.5, 0.6) is 5.75 Å². The van der Waals surface area contributed by atoms with E-state index < -0.39 is 17.9 Å². The molecule has 19 heavy (non-hydrogen) atoms. The summed E-state index contributed by atoms with van der Waals surface area (Å²) in [6, 6.07) is 6.17. The van der Waals surface area contributed by atoms with Crippen LogP contribution in [-0.2, 0) is 14.3 Å². The van der Waals surface area contributed by atoms with E-state index in [4.69, 9.17) is 14.2 Å². The highest BCUT2D eigenvalue weighted by molar-refractivity contribution is 5.76. The minimum absolute atomic E-state index is 0.248. The van der Waals surface area contributed by atoms with E-state index in [9.17, 15) is 14.7 Å². The smallest absolute Gasteiger partial charge is 0.350 e. The Morgan fingerprint density at radius 3 is 2.47 bits per heavy atom. The Bertz CT molecular complexity index is 452. The van der Waals surface area contributed by atoms with Crippen molar-refractivity contribution in [3.8, 4) is 5.75 Å². The summed E-state index contributed by atoms with van der Waals surface area (Å²) >= 11 is 0. The van der Waals surface area contributed by atoms with Crippen LogP contribution < -0.4 is 4.74 Å². The molecular weight excluding hydrogens is 252 g/mol. The quantitative estimate of drug-likeness (QED) is 0.593. The maximum absolute atomic E-state index is 11.3. The Balaban J connectivity index is 3.02. The first-order valence-electron chi connectivity index (χ1n) is 5.52. The van der Waals surface area contributed by atoms with Crippen molar-refractivity contribution in [3.05, 3.63) is 29.8 Å². The molecule has 0 aromatic heterocycles. The maximum Gasteiger partial charge on any atom is 0.350 e. The molecule has 0 saturated carbocycles. The molecule has 6 nitrogen and oxygen atoms in total. The summed E-state index contributed by atoms with van der Waals surface area (Å²) in [5.74, 6) is -2.43. The SMILES string of the molecule is COC(C)(OC)C(Oc1cccc(C=O)c1)C(=O)O. The molecule has 0 aliphatic rings. The summed E-state index contributed by atoms with van der Waals surface area (Å²) in [6.07, 6.45) is -0.724. The van der Waals surface area contributed by atoms with Gasteiger partial charge in [-0.05, 0) is 19.1 Å². The number of rotatable bonds is 7. The molecule has 0 amide bonds. The Hall–Kier alpha value is -1.92. The van der Waals surface area contributed by atoms with Crippen molar-refractivity contribution in [2.75, 3.05) is 14.2 Å². The molecular formula is C13H16O6. The van der Waals surface area contributed by atoms with Crippen LogP contribution in [0.4, 0.5) is 0 Å². The summed E-state index contributed by atoms with van der Waals surface area (Å²) in [6.45, 7) is 1.45. The van der Waals surface area contributed by atoms with Crippen LogP contribution >= 0.6 is 0 Å². The number of carbonyl (C=O) groups excluding carboxylic acids is 1. The van der Waals surface area contributed by atoms with E-state index in [2.05, 4.69) is 0 Å². The molecule has 0 bridgehead atoms. The number of carboxylic acids is 1. The fraction of sp³-hybridized carbons (Fsp3) is 0.385. The third kappa shape index (κ3) is 3.52. The van der Waals surface area contributed by atoms with Crippen LogP contribution in [0.25, 0.3) is 0 Å². The van der Waals surface area contributed by atoms with Gasteiger partial charge in [-0.1, -0.05) is 12.1 Å². The van der Waals surface area contributed by atoms with Crippen LogP contribution in [0, 0.1) is 0 Å². The van der Waals surface area contributed by atoms with Crippen molar-refractivity contribution in [2.45, 2.75) is 18.8 Å². The van der Waals surface area contributed by atoms with Gasteiger partial charge < -0.3 is 19.3 Å². The molecule has 1 aromatic rings. The summed E-state index contributed by atoms with van der Waals surface area (Å²) in [7, 11) is 2.65. The second-order valence-electron chi connectivity index (χ2n) is 3.95. The summed E-state index contributed by atoms with van der Waals surface area (Å²) in [4.78, 5) is 21.9. The van der Waals surface area contributed by atoms with Crippen LogP contribution in [0.15, 0.2) is 24.3 Å². The second-order valence-corrected chi connectivity index (χ2v) is 3.95. The van der Waals surface area contributed by atoms with Crippen molar-refractivity contribution < 1.29 is 28.9 Å². The van der Waals surface area contributed by atoms with Gasteiger partial charge in [-0.2, -0.15) is 0 Å². The Labute approximate surface area is 110 Å². The first kappa shape index (κ1) is 15.1. The number of carbonyl (C=O) groups is 2. The molecule has 0 heterocycles. The molecule has 0 saturated heterocycles. The molecule has 104 valence electrons. The van der Waals surface area contributed by atoms with Crippen LogP contribution in [0.2, 0.25) is 0 Å². The summed E-state index contributed by atoms with van der Waals surface area (Å²) in [5, 5.41) is 9.20. The van der Waals surface area contributed by atoms with Gasteiger partial charge in [0.15, 0.2) is 0 Å². The predicted octanol–water partition coefficient (Wildman–Crippen LogP) is 1.34. The zero-order valence-corrected chi connectivity index (χ0v) is 11.0. The average Bonchev–Trinajstić information content (AvgIpc) is 2.44. The van der Waals surface area contributed by atoms with Gasteiger partial charge >= 0.3 is 5.97 Å². The molecule has 1 aromatic carbocycles. The van der Waals surface area contributed by atoms with Crippen molar-refractivity contribution in [1.82, 2.24) is 0 Å². The molecule has 1 unspecified atom stereocenters. The van der Waals surface area contributed by atoms with Crippen LogP contribution in [-0.4, -0.2) is 43.5 Å². The standard InChI is InChI=1S/C13H16O6/c1-13(17-2,18-3)11(12(15)16)19-10-6-4-5-9(7-10)8-14/h4-8,11H,1-3H3,(H,15,16). The zero-order valence-electron chi connectivity index (χ0n) is 11.0. The predicted molar refractivity (Wildman–Crippen MR) is 66.3 cm³/mol. The fourth-order valence-corrected chi connectivity index (χ4v) is 1.48. The minimum atomic E-state index is -1.44. The lowest BCUT2D eigenvalue weighted by Crippen LogP contribution is -2.51. The Kier molecular flexibility index (Phi) is 5.02. The normalized spacial score (nSPS) is 12.8. The minimum Gasteiger partial charge on any atom is -0.478 e. The summed E-state index contributed by atoms with van der Waals surface area (Å²) in [5.41, 5.74) is 0.387. The lowest BCUT2D eigenvalue weighted by Gasteiger charge is -2.32. The number of hydrogen-bond acceptors (Lipinski definition) is 5.